The first kappa shape index (κ1) is 18.7. The Morgan fingerprint density at radius 3 is 2.62 bits per heavy atom. The summed E-state index contributed by atoms with van der Waals surface area (Å²) in [6.07, 6.45) is 1.86. The highest BCUT2D eigenvalue weighted by atomic mass is 32.1. The van der Waals surface area contributed by atoms with Crippen LogP contribution in [0.4, 0.5) is 0 Å². The first-order valence-corrected chi connectivity index (χ1v) is 10.0. The van der Waals surface area contributed by atoms with Crippen LogP contribution in [0.25, 0.3) is 27.7 Å². The number of nitrogens with zero attached hydrogens (tertiary/aromatic N) is 4. The zero-order chi connectivity index (χ0) is 20.7. The van der Waals surface area contributed by atoms with E-state index in [0.717, 1.165) is 43.4 Å². The molecule has 0 atom stereocenters. The fourth-order valence-corrected chi connectivity index (χ4v) is 4.75. The second-order valence-corrected chi connectivity index (χ2v) is 8.21. The van der Waals surface area contributed by atoms with Gasteiger partial charge in [0.25, 0.3) is 0 Å². The summed E-state index contributed by atoms with van der Waals surface area (Å²) in [6.45, 7) is 8.05. The minimum Gasteiger partial charge on any atom is -0.337 e. The molecule has 0 aliphatic carbocycles. The number of rotatable bonds is 3. The Labute approximate surface area is 173 Å². The number of nitrogens with one attached hydrogen (secondary N) is 1. The Hall–Kier alpha value is -3.61. The van der Waals surface area contributed by atoms with E-state index in [1.165, 1.54) is 0 Å². The van der Waals surface area contributed by atoms with Gasteiger partial charge in [-0.15, -0.1) is 11.3 Å². The van der Waals surface area contributed by atoms with Crippen LogP contribution in [0.15, 0.2) is 30.3 Å². The van der Waals surface area contributed by atoms with Crippen molar-refractivity contribution in [2.75, 3.05) is 0 Å². The smallest absolute Gasteiger partial charge is 0.149 e. The molecule has 29 heavy (non-hydrogen) atoms. The van der Waals surface area contributed by atoms with E-state index in [9.17, 15) is 10.5 Å². The van der Waals surface area contributed by atoms with E-state index in [-0.39, 0.29) is 0 Å². The zero-order valence-corrected chi connectivity index (χ0v) is 17.5. The number of aryl methyl sites for hydroxylation is 2. The van der Waals surface area contributed by atoms with Gasteiger partial charge in [-0.1, -0.05) is 12.1 Å². The molecule has 5 nitrogen and oxygen atoms in total. The van der Waals surface area contributed by atoms with Gasteiger partial charge in [0.05, 0.1) is 22.2 Å². The van der Waals surface area contributed by atoms with Gasteiger partial charge < -0.3 is 9.55 Å². The van der Waals surface area contributed by atoms with Gasteiger partial charge in [-0.3, -0.25) is 0 Å². The minimum atomic E-state index is 0.473. The van der Waals surface area contributed by atoms with Crippen molar-refractivity contribution in [2.24, 2.45) is 0 Å². The summed E-state index contributed by atoms with van der Waals surface area (Å²) in [5.74, 6) is 0.555. The van der Waals surface area contributed by atoms with Crippen LogP contribution in [0, 0.1) is 50.4 Å². The van der Waals surface area contributed by atoms with Gasteiger partial charge in [0.1, 0.15) is 23.0 Å². The summed E-state index contributed by atoms with van der Waals surface area (Å²) in [5, 5.41) is 20.3. The summed E-state index contributed by atoms with van der Waals surface area (Å²) in [4.78, 5) is 8.90. The predicted molar refractivity (Wildman–Crippen MR) is 117 cm³/mol. The lowest BCUT2D eigenvalue weighted by Gasteiger charge is -2.07. The number of thiophene rings is 1. The van der Waals surface area contributed by atoms with Crippen molar-refractivity contribution in [1.82, 2.24) is 14.5 Å². The molecule has 0 aliphatic heterocycles. The van der Waals surface area contributed by atoms with Gasteiger partial charge in [-0.25, -0.2) is 4.98 Å². The van der Waals surface area contributed by atoms with Gasteiger partial charge in [0, 0.05) is 16.3 Å². The van der Waals surface area contributed by atoms with Gasteiger partial charge in [-0.2, -0.15) is 10.5 Å². The third kappa shape index (κ3) is 3.04. The maximum absolute atomic E-state index is 9.75. The molecular formula is C23H19N5S. The highest BCUT2D eigenvalue weighted by Crippen LogP contribution is 2.34. The van der Waals surface area contributed by atoms with Crippen LogP contribution in [-0.4, -0.2) is 14.5 Å². The van der Waals surface area contributed by atoms with Crippen molar-refractivity contribution in [2.45, 2.75) is 27.7 Å². The van der Waals surface area contributed by atoms with E-state index in [2.05, 4.69) is 26.7 Å². The molecule has 0 spiro atoms. The van der Waals surface area contributed by atoms with Crippen LogP contribution in [0.5, 0.6) is 0 Å². The number of allylic oxidation sites excluding steroid dienone is 1. The molecule has 4 rings (SSSR count). The molecule has 0 aliphatic rings. The molecule has 0 radical (unpaired) electrons. The monoisotopic (exact) mass is 397 g/mol. The number of aromatic amines is 1. The number of hydrogen-bond acceptors (Lipinski definition) is 4. The molecule has 0 fully saturated rings. The standard InChI is InChI=1S/C23H19N5S/c1-13-9-17(15(3)28(13)23-19(12-25)14(2)16(4)29-23)10-18(11-24)22-26-20-7-5-6-8-21(20)27-22/h5-10H,1-4H3,(H,26,27)/b18-10+. The maximum Gasteiger partial charge on any atom is 0.149 e. The summed E-state index contributed by atoms with van der Waals surface area (Å²) in [7, 11) is 0. The Kier molecular flexibility index (Phi) is 4.58. The molecule has 0 bridgehead atoms. The SMILES string of the molecule is Cc1sc(-n2c(C)cc(/C=C(\C#N)c3nc4ccccc4[nH]3)c2C)c(C#N)c1C. The number of aromatic nitrogens is 3. The molecule has 4 aromatic rings. The fourth-order valence-electron chi connectivity index (χ4n) is 3.53. The van der Waals surface area contributed by atoms with E-state index in [4.69, 9.17) is 0 Å². The molecule has 3 aromatic heterocycles. The number of hydrogen-bond donors (Lipinski definition) is 1. The van der Waals surface area contributed by atoms with Crippen LogP contribution < -0.4 is 0 Å². The number of fused-ring (bicyclic) bond motifs is 1. The first-order valence-electron chi connectivity index (χ1n) is 9.21. The fraction of sp³-hybridized carbons (Fsp3) is 0.174. The third-order valence-electron chi connectivity index (χ3n) is 5.22. The Bertz CT molecular complexity index is 1330. The molecule has 142 valence electrons. The number of benzene rings is 1. The van der Waals surface area contributed by atoms with Gasteiger partial charge >= 0.3 is 0 Å². The number of nitriles is 2. The predicted octanol–water partition coefficient (Wildman–Crippen LogP) is 5.58. The maximum atomic E-state index is 9.75. The van der Waals surface area contributed by atoms with Gasteiger partial charge in [0.15, 0.2) is 0 Å². The summed E-state index contributed by atoms with van der Waals surface area (Å²) >= 11 is 1.62. The number of imidazole rings is 1. The summed E-state index contributed by atoms with van der Waals surface area (Å²) < 4.78 is 2.10. The lowest BCUT2D eigenvalue weighted by molar-refractivity contribution is 0.980. The van der Waals surface area contributed by atoms with Crippen molar-refractivity contribution in [1.29, 1.82) is 10.5 Å². The second kappa shape index (κ2) is 7.09. The molecule has 1 aromatic carbocycles. The average molecular weight is 398 g/mol. The second-order valence-electron chi connectivity index (χ2n) is 7.01. The number of para-hydroxylation sites is 2. The van der Waals surface area contributed by atoms with Crippen molar-refractivity contribution in [3.8, 4) is 17.1 Å². The molecule has 0 unspecified atom stereocenters. The zero-order valence-electron chi connectivity index (χ0n) is 16.7. The van der Waals surface area contributed by atoms with Crippen LogP contribution in [0.3, 0.4) is 0 Å². The minimum absolute atomic E-state index is 0.473. The lowest BCUT2D eigenvalue weighted by atomic mass is 10.1. The molecule has 3 heterocycles. The van der Waals surface area contributed by atoms with Crippen LogP contribution >= 0.6 is 11.3 Å². The number of H-pyrrole nitrogens is 1. The summed E-state index contributed by atoms with van der Waals surface area (Å²) in [6, 6.07) is 14.4. The van der Waals surface area contributed by atoms with E-state index >= 15 is 0 Å². The van der Waals surface area contributed by atoms with Crippen molar-refractivity contribution in [3.63, 3.8) is 0 Å². The van der Waals surface area contributed by atoms with E-state index in [1.807, 2.05) is 64.1 Å². The Balaban J connectivity index is 1.85. The van der Waals surface area contributed by atoms with Crippen molar-refractivity contribution >= 4 is 34.0 Å². The van der Waals surface area contributed by atoms with Gasteiger partial charge in [-0.05, 0) is 63.1 Å². The van der Waals surface area contributed by atoms with E-state index < -0.39 is 0 Å². The topological polar surface area (TPSA) is 81.2 Å². The van der Waals surface area contributed by atoms with E-state index in [1.54, 1.807) is 11.3 Å². The molecular weight excluding hydrogens is 378 g/mol. The largest absolute Gasteiger partial charge is 0.337 e. The van der Waals surface area contributed by atoms with Crippen LogP contribution in [0.1, 0.15) is 38.8 Å². The average Bonchev–Trinajstić information content (AvgIpc) is 3.34. The van der Waals surface area contributed by atoms with Crippen LogP contribution in [0.2, 0.25) is 0 Å². The third-order valence-corrected chi connectivity index (χ3v) is 6.41. The van der Waals surface area contributed by atoms with Crippen LogP contribution in [-0.2, 0) is 0 Å². The molecule has 1 N–H and O–H groups in total. The Morgan fingerprint density at radius 2 is 1.93 bits per heavy atom. The highest BCUT2D eigenvalue weighted by molar-refractivity contribution is 7.14. The van der Waals surface area contributed by atoms with E-state index in [0.29, 0.717) is 17.0 Å². The van der Waals surface area contributed by atoms with Crippen molar-refractivity contribution < 1.29 is 0 Å². The molecule has 6 heteroatoms. The highest BCUT2D eigenvalue weighted by Gasteiger charge is 2.19. The molecule has 0 saturated carbocycles. The van der Waals surface area contributed by atoms with Crippen molar-refractivity contribution in [3.05, 3.63) is 69.1 Å². The normalized spacial score (nSPS) is 11.6. The Morgan fingerprint density at radius 1 is 1.17 bits per heavy atom. The lowest BCUT2D eigenvalue weighted by Crippen LogP contribution is -1.99. The summed E-state index contributed by atoms with van der Waals surface area (Å²) in [5.41, 5.74) is 6.89. The molecule has 0 amide bonds. The molecule has 0 saturated heterocycles. The first-order chi connectivity index (χ1) is 13.9. The van der Waals surface area contributed by atoms with Gasteiger partial charge in [0.2, 0.25) is 0 Å². The quantitative estimate of drug-likeness (QED) is 0.458.